The van der Waals surface area contributed by atoms with Crippen LogP contribution in [0.3, 0.4) is 0 Å². The molecule has 2 aromatic carbocycles. The first-order chi connectivity index (χ1) is 15.2. The third kappa shape index (κ3) is 5.40. The summed E-state index contributed by atoms with van der Waals surface area (Å²) in [5.41, 5.74) is 5.13. The Morgan fingerprint density at radius 1 is 1.19 bits per heavy atom. The van der Waals surface area contributed by atoms with Crippen LogP contribution in [0.15, 0.2) is 61.4 Å². The molecule has 32 heavy (non-hydrogen) atoms. The third-order valence-corrected chi connectivity index (χ3v) is 6.13. The van der Waals surface area contributed by atoms with Gasteiger partial charge in [0.1, 0.15) is 5.78 Å². The van der Waals surface area contributed by atoms with Crippen LogP contribution in [0.1, 0.15) is 43.4 Å². The average molecular weight is 452 g/mol. The molecule has 1 heterocycles. The van der Waals surface area contributed by atoms with Gasteiger partial charge >= 0.3 is 0 Å². The molecule has 0 saturated heterocycles. The first-order valence-electron chi connectivity index (χ1n) is 10.7. The Bertz CT molecular complexity index is 1050. The van der Waals surface area contributed by atoms with Crippen molar-refractivity contribution in [3.8, 4) is 0 Å². The zero-order valence-electron chi connectivity index (χ0n) is 19.0. The number of rotatable bonds is 10. The number of benzene rings is 2. The molecule has 1 aliphatic heterocycles. The number of Topliss-reactive ketones (excluding diaryl/α,β-unsaturated/α-hetero) is 2. The van der Waals surface area contributed by atoms with Crippen LogP contribution in [-0.4, -0.2) is 34.5 Å². The van der Waals surface area contributed by atoms with E-state index in [1.54, 1.807) is 13.8 Å². The molecule has 0 amide bonds. The summed E-state index contributed by atoms with van der Waals surface area (Å²) in [6, 6.07) is 13.3. The van der Waals surface area contributed by atoms with Crippen molar-refractivity contribution in [3.05, 3.63) is 83.2 Å². The molecule has 6 heteroatoms. The molecule has 0 bridgehead atoms. The molecule has 0 fully saturated rings. The summed E-state index contributed by atoms with van der Waals surface area (Å²) >= 11 is 5.96. The van der Waals surface area contributed by atoms with E-state index in [0.29, 0.717) is 31.0 Å². The summed E-state index contributed by atoms with van der Waals surface area (Å²) < 4.78 is 0. The van der Waals surface area contributed by atoms with Crippen molar-refractivity contribution in [2.45, 2.75) is 45.8 Å². The van der Waals surface area contributed by atoms with Crippen LogP contribution in [0, 0.1) is 0 Å². The number of fused-ring (bicyclic) bond motifs is 1. The number of halogens is 1. The van der Waals surface area contributed by atoms with Gasteiger partial charge in [-0.25, -0.2) is 0 Å². The number of anilines is 1. The lowest BCUT2D eigenvalue weighted by Gasteiger charge is -2.28. The zero-order valence-corrected chi connectivity index (χ0v) is 19.7. The molecule has 0 spiro atoms. The Kier molecular flexibility index (Phi) is 7.41. The molecule has 1 atom stereocenters. The highest BCUT2D eigenvalue weighted by Gasteiger charge is 2.32. The predicted octanol–water partition coefficient (Wildman–Crippen LogP) is 5.47. The van der Waals surface area contributed by atoms with Gasteiger partial charge in [-0.3, -0.25) is 4.79 Å². The van der Waals surface area contributed by atoms with Crippen molar-refractivity contribution < 1.29 is 9.59 Å². The van der Waals surface area contributed by atoms with Crippen LogP contribution in [-0.2, 0) is 22.7 Å². The minimum absolute atomic E-state index is 0.0550. The van der Waals surface area contributed by atoms with Crippen molar-refractivity contribution in [2.24, 2.45) is 0 Å². The smallest absolute Gasteiger partial charge is 0.152 e. The maximum absolute atomic E-state index is 12.4. The van der Waals surface area contributed by atoms with Gasteiger partial charge in [-0.05, 0) is 55.7 Å². The van der Waals surface area contributed by atoms with Crippen LogP contribution in [0.4, 0.5) is 5.69 Å². The number of nitrogens with zero attached hydrogens (tertiary/aromatic N) is 2. The topological polar surface area (TPSA) is 52.6 Å². The summed E-state index contributed by atoms with van der Waals surface area (Å²) in [4.78, 5) is 27.9. The molecule has 0 aliphatic carbocycles. The molecule has 1 aliphatic rings. The number of hydrogen-bond acceptors (Lipinski definition) is 5. The molecule has 3 rings (SSSR count). The Hall–Kier alpha value is -3.05. The molecule has 0 radical (unpaired) electrons. The molecule has 168 valence electrons. The molecule has 1 N–H and O–H groups in total. The zero-order chi connectivity index (χ0) is 23.4. The Morgan fingerprint density at radius 3 is 2.50 bits per heavy atom. The summed E-state index contributed by atoms with van der Waals surface area (Å²) in [6.07, 6.45) is 0.894. The minimum atomic E-state index is -0.342. The summed E-state index contributed by atoms with van der Waals surface area (Å²) in [7, 11) is 1.98. The van der Waals surface area contributed by atoms with Gasteiger partial charge in [0.15, 0.2) is 5.78 Å². The van der Waals surface area contributed by atoms with Crippen LogP contribution < -0.4 is 5.32 Å². The fourth-order valence-corrected chi connectivity index (χ4v) is 4.15. The van der Waals surface area contributed by atoms with Crippen LogP contribution in [0.2, 0.25) is 5.02 Å². The van der Waals surface area contributed by atoms with Crippen LogP contribution in [0.25, 0.3) is 5.70 Å². The maximum atomic E-state index is 12.4. The quantitative estimate of drug-likeness (QED) is 0.519. The first kappa shape index (κ1) is 23.6. The molecule has 2 aromatic rings. The van der Waals surface area contributed by atoms with Gasteiger partial charge in [0.25, 0.3) is 0 Å². The molecule has 0 aromatic heterocycles. The highest BCUT2D eigenvalue weighted by atomic mass is 35.5. The van der Waals surface area contributed by atoms with Gasteiger partial charge in [-0.1, -0.05) is 43.0 Å². The SMILES string of the molecule is C=C(Nc1ccc(Cl)cc1)N(C)Cc1cccc2c1CN(C(CCC(C)=O)C(C)=O)C2=C. The third-order valence-electron chi connectivity index (χ3n) is 5.88. The monoisotopic (exact) mass is 451 g/mol. The normalized spacial score (nSPS) is 13.5. The number of carbonyl (C=O) groups excluding carboxylic acids is 2. The summed E-state index contributed by atoms with van der Waals surface area (Å²) in [5, 5.41) is 3.99. The van der Waals surface area contributed by atoms with E-state index in [0.717, 1.165) is 33.9 Å². The number of hydrogen-bond donors (Lipinski definition) is 1. The van der Waals surface area contributed by atoms with Gasteiger partial charge in [-0.2, -0.15) is 0 Å². The van der Waals surface area contributed by atoms with Gasteiger partial charge in [-0.15, -0.1) is 0 Å². The van der Waals surface area contributed by atoms with Crippen molar-refractivity contribution in [2.75, 3.05) is 12.4 Å². The highest BCUT2D eigenvalue weighted by molar-refractivity contribution is 6.30. The van der Waals surface area contributed by atoms with Crippen molar-refractivity contribution in [1.29, 1.82) is 0 Å². The molecule has 0 saturated carbocycles. The lowest BCUT2D eigenvalue weighted by molar-refractivity contribution is -0.122. The second-order valence-electron chi connectivity index (χ2n) is 8.32. The molecular formula is C26H30ClN3O2. The Morgan fingerprint density at radius 2 is 1.88 bits per heavy atom. The minimum Gasteiger partial charge on any atom is -0.357 e. The highest BCUT2D eigenvalue weighted by Crippen LogP contribution is 2.37. The predicted molar refractivity (Wildman–Crippen MR) is 131 cm³/mol. The molecule has 5 nitrogen and oxygen atoms in total. The largest absolute Gasteiger partial charge is 0.357 e. The van der Waals surface area contributed by atoms with E-state index in [-0.39, 0.29) is 17.6 Å². The standard InChI is InChI=1S/C26H30ClN3O2/c1-17(31)9-14-26(19(3)32)30-16-25-21(7-6-8-24(25)18(30)2)15-29(5)20(4)28-23-12-10-22(27)11-13-23/h6-8,10-13,26,28H,2,4,9,14-16H2,1,3,5H3. The van der Waals surface area contributed by atoms with E-state index in [4.69, 9.17) is 11.6 Å². The fourth-order valence-electron chi connectivity index (χ4n) is 4.02. The van der Waals surface area contributed by atoms with Gasteiger partial charge in [0, 0.05) is 48.5 Å². The fraction of sp³-hybridized carbons (Fsp3) is 0.308. The number of nitrogens with one attached hydrogen (secondary N) is 1. The van der Waals surface area contributed by atoms with Gasteiger partial charge < -0.3 is 19.9 Å². The van der Waals surface area contributed by atoms with Crippen molar-refractivity contribution in [3.63, 3.8) is 0 Å². The summed E-state index contributed by atoms with van der Waals surface area (Å²) in [5.74, 6) is 0.911. The molecule has 1 unspecified atom stereocenters. The maximum Gasteiger partial charge on any atom is 0.152 e. The lowest BCUT2D eigenvalue weighted by atomic mass is 10.0. The first-order valence-corrected chi connectivity index (χ1v) is 11.0. The van der Waals surface area contributed by atoms with Crippen LogP contribution in [0.5, 0.6) is 0 Å². The number of ketones is 2. The van der Waals surface area contributed by atoms with Gasteiger partial charge in [0.05, 0.1) is 11.9 Å². The Labute approximate surface area is 195 Å². The van der Waals surface area contributed by atoms with E-state index in [2.05, 4.69) is 24.5 Å². The number of carbonyl (C=O) groups is 2. The summed E-state index contributed by atoms with van der Waals surface area (Å²) in [6.45, 7) is 12.8. The van der Waals surface area contributed by atoms with Gasteiger partial charge in [0.2, 0.25) is 0 Å². The van der Waals surface area contributed by atoms with E-state index >= 15 is 0 Å². The van der Waals surface area contributed by atoms with E-state index < -0.39 is 0 Å². The van der Waals surface area contributed by atoms with E-state index in [1.807, 2.05) is 53.2 Å². The second kappa shape index (κ2) is 10.0. The van der Waals surface area contributed by atoms with Crippen molar-refractivity contribution in [1.82, 2.24) is 9.80 Å². The van der Waals surface area contributed by atoms with E-state index in [9.17, 15) is 9.59 Å². The van der Waals surface area contributed by atoms with Crippen molar-refractivity contribution >= 4 is 34.6 Å². The lowest BCUT2D eigenvalue weighted by Crippen LogP contribution is -2.36. The average Bonchev–Trinajstić information content (AvgIpc) is 3.07. The second-order valence-corrected chi connectivity index (χ2v) is 8.76. The van der Waals surface area contributed by atoms with Crippen LogP contribution >= 0.6 is 11.6 Å². The Balaban J connectivity index is 1.74. The molecular weight excluding hydrogens is 422 g/mol. The van der Waals surface area contributed by atoms with E-state index in [1.165, 1.54) is 0 Å².